The van der Waals surface area contributed by atoms with Gasteiger partial charge in [0, 0.05) is 11.3 Å². The van der Waals surface area contributed by atoms with Crippen LogP contribution >= 0.6 is 24.4 Å². The van der Waals surface area contributed by atoms with Gasteiger partial charge in [0.1, 0.15) is 0 Å². The minimum absolute atomic E-state index is 0.0196. The molecule has 0 spiro atoms. The normalized spacial score (nSPS) is 9.93. The molecule has 0 radical (unpaired) electrons. The van der Waals surface area contributed by atoms with E-state index in [2.05, 4.69) is 12.6 Å². The number of carboxylic acid groups (broad SMARTS) is 1. The van der Waals surface area contributed by atoms with E-state index < -0.39 is 5.97 Å². The van der Waals surface area contributed by atoms with Gasteiger partial charge in [0.05, 0.1) is 5.97 Å². The van der Waals surface area contributed by atoms with Crippen LogP contribution in [0.1, 0.15) is 16.8 Å². The van der Waals surface area contributed by atoms with Gasteiger partial charge >= 0.3 is 0 Å². The highest BCUT2D eigenvalue weighted by atomic mass is 32.2. The quantitative estimate of drug-likeness (QED) is 0.631. The summed E-state index contributed by atoms with van der Waals surface area (Å²) >= 11 is 5.04. The molecule has 0 unspecified atom stereocenters. The lowest BCUT2D eigenvalue weighted by molar-refractivity contribution is -0.255. The summed E-state index contributed by atoms with van der Waals surface area (Å²) in [6, 6.07) is 6.02. The first-order valence-electron chi connectivity index (χ1n) is 4.26. The summed E-state index contributed by atoms with van der Waals surface area (Å²) in [5.74, 6) is -0.698. The van der Waals surface area contributed by atoms with Gasteiger partial charge in [-0.15, -0.1) is 0 Å². The van der Waals surface area contributed by atoms with Crippen LogP contribution in [0.4, 0.5) is 0 Å². The predicted octanol–water partition coefficient (Wildman–Crippen LogP) is 0.989. The zero-order valence-electron chi connectivity index (χ0n) is 7.80. The second kappa shape index (κ2) is 5.82. The maximum Gasteiger partial charge on any atom is 0.194 e. The van der Waals surface area contributed by atoms with Crippen LogP contribution in [0.3, 0.4) is 0 Å². The van der Waals surface area contributed by atoms with Crippen molar-refractivity contribution in [2.75, 3.05) is 5.75 Å². The van der Waals surface area contributed by atoms with Crippen LogP contribution in [0, 0.1) is 0 Å². The Morgan fingerprint density at radius 3 is 2.33 bits per heavy atom. The Morgan fingerprint density at radius 1 is 1.27 bits per heavy atom. The third-order valence-corrected chi connectivity index (χ3v) is 2.80. The number of hydrogen-bond acceptors (Lipinski definition) is 5. The molecule has 0 saturated heterocycles. The molecule has 80 valence electrons. The third-order valence-electron chi connectivity index (χ3n) is 1.64. The Bertz CT molecular complexity index is 359. The minimum Gasteiger partial charge on any atom is -0.545 e. The fraction of sp³-hybridized carbons (Fsp3) is 0.200. The molecule has 0 aliphatic carbocycles. The standard InChI is InChI=1S/C10H10O3S2/c11-9(5-6-14)15-8-3-1-7(2-4-8)10(12)13/h1-4,14H,5-6H2,(H,12,13)/p-1. The van der Waals surface area contributed by atoms with Crippen LogP contribution in [0.2, 0.25) is 0 Å². The van der Waals surface area contributed by atoms with E-state index in [0.29, 0.717) is 12.2 Å². The van der Waals surface area contributed by atoms with Gasteiger partial charge in [-0.05, 0) is 23.4 Å². The molecular weight excluding hydrogens is 232 g/mol. The molecular formula is C10H9O3S2-. The molecule has 0 atom stereocenters. The second-order valence-electron chi connectivity index (χ2n) is 2.76. The fourth-order valence-corrected chi connectivity index (χ4v) is 2.03. The topological polar surface area (TPSA) is 57.2 Å². The Balaban J connectivity index is 2.64. The fourth-order valence-electron chi connectivity index (χ4n) is 0.933. The van der Waals surface area contributed by atoms with Gasteiger partial charge in [-0.1, -0.05) is 23.9 Å². The van der Waals surface area contributed by atoms with Crippen molar-refractivity contribution in [3.63, 3.8) is 0 Å². The number of thioether (sulfide) groups is 1. The van der Waals surface area contributed by atoms with E-state index in [9.17, 15) is 14.7 Å². The van der Waals surface area contributed by atoms with Crippen LogP contribution in [0.25, 0.3) is 0 Å². The number of carboxylic acids is 1. The summed E-state index contributed by atoms with van der Waals surface area (Å²) in [5, 5.41) is 10.5. The van der Waals surface area contributed by atoms with E-state index in [0.717, 1.165) is 16.7 Å². The largest absolute Gasteiger partial charge is 0.545 e. The van der Waals surface area contributed by atoms with Crippen molar-refractivity contribution in [1.82, 2.24) is 0 Å². The number of carbonyl (C=O) groups is 2. The maximum absolute atomic E-state index is 11.2. The first-order chi connectivity index (χ1) is 7.13. The Hall–Kier alpha value is -0.940. The summed E-state index contributed by atoms with van der Waals surface area (Å²) in [4.78, 5) is 22.4. The highest BCUT2D eigenvalue weighted by Gasteiger charge is 2.03. The number of carbonyl (C=O) groups excluding carboxylic acids is 2. The SMILES string of the molecule is O=C(CCS)Sc1ccc(C(=O)[O-])cc1. The van der Waals surface area contributed by atoms with E-state index in [1.165, 1.54) is 12.1 Å². The van der Waals surface area contributed by atoms with Gasteiger partial charge in [0.15, 0.2) is 5.12 Å². The summed E-state index contributed by atoms with van der Waals surface area (Å²) in [6.07, 6.45) is 0.399. The van der Waals surface area contributed by atoms with Crippen molar-refractivity contribution in [2.24, 2.45) is 0 Å². The van der Waals surface area contributed by atoms with E-state index in [1.807, 2.05) is 0 Å². The first kappa shape index (κ1) is 12.1. The van der Waals surface area contributed by atoms with Crippen molar-refractivity contribution in [1.29, 1.82) is 0 Å². The lowest BCUT2D eigenvalue weighted by Gasteiger charge is -2.03. The van der Waals surface area contributed by atoms with Crippen LogP contribution in [0.15, 0.2) is 29.2 Å². The van der Waals surface area contributed by atoms with Crippen molar-refractivity contribution in [3.05, 3.63) is 29.8 Å². The zero-order valence-corrected chi connectivity index (χ0v) is 9.51. The molecule has 0 N–H and O–H groups in total. The summed E-state index contributed by atoms with van der Waals surface area (Å²) in [5.41, 5.74) is 0.112. The first-order valence-corrected chi connectivity index (χ1v) is 5.71. The Morgan fingerprint density at radius 2 is 1.87 bits per heavy atom. The summed E-state index contributed by atoms with van der Waals surface area (Å²) < 4.78 is 0. The predicted molar refractivity (Wildman–Crippen MR) is 60.1 cm³/mol. The molecule has 1 aromatic carbocycles. The van der Waals surface area contributed by atoms with E-state index >= 15 is 0 Å². The molecule has 1 rings (SSSR count). The lowest BCUT2D eigenvalue weighted by atomic mass is 10.2. The van der Waals surface area contributed by atoms with Gasteiger partial charge in [-0.2, -0.15) is 12.6 Å². The summed E-state index contributed by atoms with van der Waals surface area (Å²) in [7, 11) is 0. The average molecular weight is 241 g/mol. The van der Waals surface area contributed by atoms with Crippen LogP contribution in [-0.4, -0.2) is 16.8 Å². The maximum atomic E-state index is 11.2. The molecule has 15 heavy (non-hydrogen) atoms. The average Bonchev–Trinajstić information content (AvgIpc) is 2.18. The molecule has 0 heterocycles. The van der Waals surface area contributed by atoms with Crippen LogP contribution in [0.5, 0.6) is 0 Å². The summed E-state index contributed by atoms with van der Waals surface area (Å²) in [6.45, 7) is 0. The van der Waals surface area contributed by atoms with E-state index in [-0.39, 0.29) is 10.7 Å². The smallest absolute Gasteiger partial charge is 0.194 e. The molecule has 0 saturated carbocycles. The zero-order chi connectivity index (χ0) is 11.3. The molecule has 5 heteroatoms. The number of hydrogen-bond donors (Lipinski definition) is 1. The van der Waals surface area contributed by atoms with Gasteiger partial charge in [0.25, 0.3) is 0 Å². The van der Waals surface area contributed by atoms with Gasteiger partial charge in [0.2, 0.25) is 0 Å². The molecule has 0 fully saturated rings. The van der Waals surface area contributed by atoms with Crippen molar-refractivity contribution >= 4 is 35.5 Å². The van der Waals surface area contributed by atoms with E-state index in [4.69, 9.17) is 0 Å². The third kappa shape index (κ3) is 3.97. The number of aromatic carboxylic acids is 1. The van der Waals surface area contributed by atoms with Crippen LogP contribution < -0.4 is 5.11 Å². The van der Waals surface area contributed by atoms with Gasteiger partial charge in [-0.3, -0.25) is 4.79 Å². The second-order valence-corrected chi connectivity index (χ2v) is 4.34. The molecule has 0 amide bonds. The molecule has 0 aliphatic heterocycles. The molecule has 3 nitrogen and oxygen atoms in total. The number of benzene rings is 1. The van der Waals surface area contributed by atoms with Gasteiger partial charge in [-0.25, -0.2) is 0 Å². The Labute approximate surface area is 97.3 Å². The van der Waals surface area contributed by atoms with Crippen molar-refractivity contribution < 1.29 is 14.7 Å². The monoisotopic (exact) mass is 241 g/mol. The van der Waals surface area contributed by atoms with E-state index in [1.54, 1.807) is 12.1 Å². The highest BCUT2D eigenvalue weighted by molar-refractivity contribution is 8.13. The molecule has 0 aliphatic rings. The van der Waals surface area contributed by atoms with Crippen LogP contribution in [-0.2, 0) is 4.79 Å². The Kier molecular flexibility index (Phi) is 4.71. The van der Waals surface area contributed by atoms with Crippen molar-refractivity contribution in [2.45, 2.75) is 11.3 Å². The van der Waals surface area contributed by atoms with Crippen molar-refractivity contribution in [3.8, 4) is 0 Å². The molecule has 0 aromatic heterocycles. The highest BCUT2D eigenvalue weighted by Crippen LogP contribution is 2.20. The molecule has 0 bridgehead atoms. The lowest BCUT2D eigenvalue weighted by Crippen LogP contribution is -2.21. The number of rotatable bonds is 4. The minimum atomic E-state index is -1.21. The molecule has 1 aromatic rings. The number of thiol groups is 1. The van der Waals surface area contributed by atoms with Gasteiger partial charge < -0.3 is 9.90 Å².